The molecule has 1 aromatic carbocycles. The summed E-state index contributed by atoms with van der Waals surface area (Å²) in [5.41, 5.74) is 2.12. The van der Waals surface area contributed by atoms with Gasteiger partial charge in [0.1, 0.15) is 0 Å². The van der Waals surface area contributed by atoms with Gasteiger partial charge in [-0.2, -0.15) is 0 Å². The van der Waals surface area contributed by atoms with Gasteiger partial charge in [-0.1, -0.05) is 12.1 Å². The van der Waals surface area contributed by atoms with Crippen molar-refractivity contribution in [1.29, 1.82) is 0 Å². The van der Waals surface area contributed by atoms with E-state index in [1.807, 2.05) is 18.2 Å². The van der Waals surface area contributed by atoms with Crippen LogP contribution in [0.4, 0.5) is 11.4 Å². The lowest BCUT2D eigenvalue weighted by Gasteiger charge is -2.37. The zero-order valence-corrected chi connectivity index (χ0v) is 10.5. The third-order valence-corrected chi connectivity index (χ3v) is 3.79. The maximum Gasteiger partial charge on any atom is 0.243 e. The van der Waals surface area contributed by atoms with Crippen molar-refractivity contribution in [2.45, 2.75) is 25.3 Å². The normalized spacial score (nSPS) is 24.1. The summed E-state index contributed by atoms with van der Waals surface area (Å²) in [4.78, 5) is 14.1. The molecule has 2 aliphatic rings. The zero-order chi connectivity index (χ0) is 12.4. The number of amides is 1. The van der Waals surface area contributed by atoms with Crippen molar-refractivity contribution < 1.29 is 4.79 Å². The lowest BCUT2D eigenvalue weighted by Crippen LogP contribution is -2.45. The molecule has 0 radical (unpaired) electrons. The van der Waals surface area contributed by atoms with E-state index >= 15 is 0 Å². The van der Waals surface area contributed by atoms with Crippen LogP contribution < -0.4 is 15.5 Å². The first kappa shape index (κ1) is 11.5. The van der Waals surface area contributed by atoms with Crippen LogP contribution in [0, 0.1) is 0 Å². The summed E-state index contributed by atoms with van der Waals surface area (Å²) in [5.74, 6) is 0.103. The Labute approximate surface area is 107 Å². The lowest BCUT2D eigenvalue weighted by molar-refractivity contribution is -0.115. The van der Waals surface area contributed by atoms with Crippen molar-refractivity contribution in [2.24, 2.45) is 0 Å². The largest absolute Gasteiger partial charge is 0.357 e. The average molecular weight is 245 g/mol. The van der Waals surface area contributed by atoms with E-state index in [4.69, 9.17) is 0 Å². The third kappa shape index (κ3) is 2.20. The molecule has 2 heterocycles. The number of anilines is 2. The third-order valence-electron chi connectivity index (χ3n) is 3.79. The standard InChI is InChI=1S/C14H19N3O/c18-14-10-17(11-4-3-8-15-9-7-11)13-6-2-1-5-12(13)16-14/h1-2,5-6,11,15H,3-4,7-10H2,(H,16,18). The van der Waals surface area contributed by atoms with Crippen LogP contribution in [0.3, 0.4) is 0 Å². The molecule has 0 aliphatic carbocycles. The van der Waals surface area contributed by atoms with E-state index in [0.29, 0.717) is 12.6 Å². The second-order valence-electron chi connectivity index (χ2n) is 5.03. The number of para-hydroxylation sites is 2. The number of benzene rings is 1. The second kappa shape index (κ2) is 4.98. The summed E-state index contributed by atoms with van der Waals surface area (Å²) in [6.45, 7) is 2.63. The predicted molar refractivity (Wildman–Crippen MR) is 72.9 cm³/mol. The van der Waals surface area contributed by atoms with E-state index in [0.717, 1.165) is 31.6 Å². The molecule has 1 atom stereocenters. The lowest BCUT2D eigenvalue weighted by atomic mass is 10.0. The molecule has 2 aliphatic heterocycles. The van der Waals surface area contributed by atoms with Gasteiger partial charge in [0, 0.05) is 6.04 Å². The van der Waals surface area contributed by atoms with Gasteiger partial charge in [-0.15, -0.1) is 0 Å². The fourth-order valence-electron chi connectivity index (χ4n) is 2.90. The molecular weight excluding hydrogens is 226 g/mol. The van der Waals surface area contributed by atoms with Gasteiger partial charge in [0.15, 0.2) is 0 Å². The van der Waals surface area contributed by atoms with Gasteiger partial charge < -0.3 is 15.5 Å². The van der Waals surface area contributed by atoms with Crippen molar-refractivity contribution in [3.05, 3.63) is 24.3 Å². The smallest absolute Gasteiger partial charge is 0.243 e. The highest BCUT2D eigenvalue weighted by molar-refractivity contribution is 6.01. The van der Waals surface area contributed by atoms with Gasteiger partial charge in [0.2, 0.25) is 5.91 Å². The van der Waals surface area contributed by atoms with Crippen LogP contribution in [0.1, 0.15) is 19.3 Å². The van der Waals surface area contributed by atoms with Gasteiger partial charge in [0.25, 0.3) is 0 Å². The van der Waals surface area contributed by atoms with E-state index in [2.05, 4.69) is 21.6 Å². The minimum absolute atomic E-state index is 0.103. The van der Waals surface area contributed by atoms with Crippen molar-refractivity contribution >= 4 is 17.3 Å². The van der Waals surface area contributed by atoms with E-state index in [1.54, 1.807) is 0 Å². The van der Waals surface area contributed by atoms with Crippen LogP contribution in [0.25, 0.3) is 0 Å². The Hall–Kier alpha value is -1.55. The van der Waals surface area contributed by atoms with Gasteiger partial charge in [-0.25, -0.2) is 0 Å². The average Bonchev–Trinajstić information content (AvgIpc) is 2.66. The molecule has 1 aromatic rings. The maximum atomic E-state index is 11.8. The van der Waals surface area contributed by atoms with Crippen LogP contribution in [-0.4, -0.2) is 31.6 Å². The summed E-state index contributed by atoms with van der Waals surface area (Å²) in [6.07, 6.45) is 3.46. The topological polar surface area (TPSA) is 44.4 Å². The SMILES string of the molecule is O=C1CN(C2CCCNCC2)c2ccccc2N1. The van der Waals surface area contributed by atoms with E-state index in [-0.39, 0.29) is 5.91 Å². The molecule has 0 aromatic heterocycles. The number of nitrogens with zero attached hydrogens (tertiary/aromatic N) is 1. The van der Waals surface area contributed by atoms with Gasteiger partial charge in [-0.05, 0) is 44.5 Å². The van der Waals surface area contributed by atoms with Gasteiger partial charge in [-0.3, -0.25) is 4.79 Å². The zero-order valence-electron chi connectivity index (χ0n) is 10.5. The minimum Gasteiger partial charge on any atom is -0.357 e. The first-order valence-corrected chi connectivity index (χ1v) is 6.71. The molecule has 0 saturated carbocycles. The molecule has 0 spiro atoms. The van der Waals surface area contributed by atoms with Crippen LogP contribution >= 0.6 is 0 Å². The Morgan fingerprint density at radius 2 is 2.06 bits per heavy atom. The highest BCUT2D eigenvalue weighted by Gasteiger charge is 2.27. The molecule has 1 fully saturated rings. The number of carbonyl (C=O) groups is 1. The van der Waals surface area contributed by atoms with Crippen LogP contribution in [0.5, 0.6) is 0 Å². The first-order valence-electron chi connectivity index (χ1n) is 6.71. The fraction of sp³-hybridized carbons (Fsp3) is 0.500. The van der Waals surface area contributed by atoms with Gasteiger partial charge >= 0.3 is 0 Å². The molecule has 0 bridgehead atoms. The summed E-state index contributed by atoms with van der Waals surface area (Å²) in [5, 5.41) is 6.37. The molecule has 4 heteroatoms. The molecule has 1 unspecified atom stereocenters. The Morgan fingerprint density at radius 1 is 1.17 bits per heavy atom. The minimum atomic E-state index is 0.103. The van der Waals surface area contributed by atoms with Crippen molar-refractivity contribution in [2.75, 3.05) is 29.9 Å². The van der Waals surface area contributed by atoms with Crippen molar-refractivity contribution in [1.82, 2.24) is 5.32 Å². The highest BCUT2D eigenvalue weighted by atomic mass is 16.2. The van der Waals surface area contributed by atoms with Crippen LogP contribution in [-0.2, 0) is 4.79 Å². The molecule has 2 N–H and O–H groups in total. The molecule has 3 rings (SSSR count). The van der Waals surface area contributed by atoms with Crippen LogP contribution in [0.15, 0.2) is 24.3 Å². The molecule has 18 heavy (non-hydrogen) atoms. The summed E-state index contributed by atoms with van der Waals surface area (Å²) in [6, 6.07) is 8.57. The number of fused-ring (bicyclic) bond motifs is 1. The molecule has 96 valence electrons. The van der Waals surface area contributed by atoms with Crippen LogP contribution in [0.2, 0.25) is 0 Å². The Balaban J connectivity index is 1.89. The molecule has 1 amide bonds. The Morgan fingerprint density at radius 3 is 3.00 bits per heavy atom. The molecule has 4 nitrogen and oxygen atoms in total. The fourth-order valence-corrected chi connectivity index (χ4v) is 2.90. The summed E-state index contributed by atoms with van der Waals surface area (Å²) < 4.78 is 0. The summed E-state index contributed by atoms with van der Waals surface area (Å²) in [7, 11) is 0. The highest BCUT2D eigenvalue weighted by Crippen LogP contribution is 2.32. The predicted octanol–water partition coefficient (Wildman–Crippen LogP) is 1.59. The maximum absolute atomic E-state index is 11.8. The number of carbonyl (C=O) groups excluding carboxylic acids is 1. The van der Waals surface area contributed by atoms with E-state index < -0.39 is 0 Å². The van der Waals surface area contributed by atoms with Crippen molar-refractivity contribution in [3.63, 3.8) is 0 Å². The van der Waals surface area contributed by atoms with Gasteiger partial charge in [0.05, 0.1) is 17.9 Å². The Bertz CT molecular complexity index is 438. The second-order valence-corrected chi connectivity index (χ2v) is 5.03. The number of rotatable bonds is 1. The number of nitrogens with one attached hydrogen (secondary N) is 2. The quantitative estimate of drug-likeness (QED) is 0.789. The molecular formula is C14H19N3O. The van der Waals surface area contributed by atoms with Crippen molar-refractivity contribution in [3.8, 4) is 0 Å². The van der Waals surface area contributed by atoms with E-state index in [9.17, 15) is 4.79 Å². The number of hydrogen-bond acceptors (Lipinski definition) is 3. The molecule has 1 saturated heterocycles. The first-order chi connectivity index (χ1) is 8.84. The Kier molecular flexibility index (Phi) is 3.19. The monoisotopic (exact) mass is 245 g/mol. The summed E-state index contributed by atoms with van der Waals surface area (Å²) >= 11 is 0. The number of hydrogen-bond donors (Lipinski definition) is 2. The van der Waals surface area contributed by atoms with E-state index in [1.165, 1.54) is 12.1 Å².